The van der Waals surface area contributed by atoms with Crippen LogP contribution in [0, 0.1) is 11.8 Å². The first-order valence-corrected chi connectivity index (χ1v) is 6.75. The van der Waals surface area contributed by atoms with Crippen LogP contribution >= 0.6 is 0 Å². The number of nitrogens with one attached hydrogen (secondary N) is 1. The lowest BCUT2D eigenvalue weighted by atomic mass is 9.96. The third-order valence-corrected chi connectivity index (χ3v) is 4.34. The van der Waals surface area contributed by atoms with Gasteiger partial charge in [-0.3, -0.25) is 9.69 Å². The van der Waals surface area contributed by atoms with Gasteiger partial charge in [0.05, 0.1) is 13.0 Å². The molecule has 2 rings (SSSR count). The summed E-state index contributed by atoms with van der Waals surface area (Å²) in [6.45, 7) is 6.65. The molecule has 0 amide bonds. The summed E-state index contributed by atoms with van der Waals surface area (Å²) in [6, 6.07) is 0.345. The van der Waals surface area contributed by atoms with Gasteiger partial charge in [0, 0.05) is 12.6 Å². The van der Waals surface area contributed by atoms with Crippen LogP contribution in [0.3, 0.4) is 0 Å². The van der Waals surface area contributed by atoms with Gasteiger partial charge in [0.1, 0.15) is 0 Å². The van der Waals surface area contributed by atoms with E-state index in [4.69, 9.17) is 4.74 Å². The zero-order chi connectivity index (χ0) is 12.3. The zero-order valence-corrected chi connectivity index (χ0v) is 10.9. The largest absolute Gasteiger partial charge is 0.469 e. The second kappa shape index (κ2) is 5.83. The average Bonchev–Trinajstić information content (AvgIpc) is 2.72. The number of esters is 1. The highest BCUT2D eigenvalue weighted by Crippen LogP contribution is 2.27. The monoisotopic (exact) mass is 240 g/mol. The summed E-state index contributed by atoms with van der Waals surface area (Å²) in [5.41, 5.74) is 0. The lowest BCUT2D eigenvalue weighted by Gasteiger charge is -2.30. The van der Waals surface area contributed by atoms with Crippen LogP contribution in [0.5, 0.6) is 0 Å². The van der Waals surface area contributed by atoms with Crippen LogP contribution in [0.4, 0.5) is 0 Å². The first-order chi connectivity index (χ1) is 8.22. The third-order valence-electron chi connectivity index (χ3n) is 4.34. The molecule has 4 heteroatoms. The molecule has 0 aliphatic carbocycles. The Morgan fingerprint density at radius 3 is 2.71 bits per heavy atom. The van der Waals surface area contributed by atoms with Crippen molar-refractivity contribution >= 4 is 5.97 Å². The second-order valence-corrected chi connectivity index (χ2v) is 5.35. The molecule has 0 aromatic rings. The zero-order valence-electron chi connectivity index (χ0n) is 10.9. The second-order valence-electron chi connectivity index (χ2n) is 5.35. The van der Waals surface area contributed by atoms with E-state index in [0.717, 1.165) is 38.5 Å². The van der Waals surface area contributed by atoms with E-state index in [1.807, 2.05) is 0 Å². The summed E-state index contributed by atoms with van der Waals surface area (Å²) in [5.74, 6) is 0.849. The van der Waals surface area contributed by atoms with E-state index in [2.05, 4.69) is 17.1 Å². The maximum Gasteiger partial charge on any atom is 0.310 e. The van der Waals surface area contributed by atoms with Gasteiger partial charge in [-0.1, -0.05) is 0 Å². The molecular formula is C13H24N2O2. The van der Waals surface area contributed by atoms with Crippen LogP contribution < -0.4 is 5.32 Å². The Hall–Kier alpha value is -0.610. The minimum Gasteiger partial charge on any atom is -0.469 e. The van der Waals surface area contributed by atoms with Gasteiger partial charge in [-0.05, 0) is 51.7 Å². The van der Waals surface area contributed by atoms with Crippen molar-refractivity contribution in [1.82, 2.24) is 10.2 Å². The lowest BCUT2D eigenvalue weighted by Crippen LogP contribution is -2.39. The fourth-order valence-corrected chi connectivity index (χ4v) is 3.12. The third kappa shape index (κ3) is 2.99. The van der Waals surface area contributed by atoms with Crippen molar-refractivity contribution in [1.29, 1.82) is 0 Å². The van der Waals surface area contributed by atoms with Crippen molar-refractivity contribution in [2.75, 3.05) is 33.3 Å². The lowest BCUT2D eigenvalue weighted by molar-refractivity contribution is -0.146. The van der Waals surface area contributed by atoms with E-state index < -0.39 is 0 Å². The number of ether oxygens (including phenoxy) is 1. The molecule has 2 aliphatic rings. The van der Waals surface area contributed by atoms with Crippen LogP contribution in [0.2, 0.25) is 0 Å². The SMILES string of the molecule is COC(=O)C1CCN(CC2CCNCC2)C1C. The topological polar surface area (TPSA) is 41.6 Å². The molecule has 2 heterocycles. The summed E-state index contributed by atoms with van der Waals surface area (Å²) in [4.78, 5) is 14.1. The molecule has 0 bridgehead atoms. The Labute approximate surface area is 104 Å². The van der Waals surface area contributed by atoms with Gasteiger partial charge in [-0.2, -0.15) is 0 Å². The number of piperidine rings is 1. The predicted octanol–water partition coefficient (Wildman–Crippen LogP) is 0.869. The number of carbonyl (C=O) groups is 1. The molecule has 2 fully saturated rings. The Morgan fingerprint density at radius 1 is 1.35 bits per heavy atom. The van der Waals surface area contributed by atoms with Crippen molar-refractivity contribution in [2.45, 2.75) is 32.2 Å². The molecular weight excluding hydrogens is 216 g/mol. The highest BCUT2D eigenvalue weighted by atomic mass is 16.5. The molecule has 4 nitrogen and oxygen atoms in total. The van der Waals surface area contributed by atoms with Crippen LogP contribution in [-0.2, 0) is 9.53 Å². The molecule has 1 N–H and O–H groups in total. The molecule has 0 radical (unpaired) electrons. The smallest absolute Gasteiger partial charge is 0.310 e. The maximum absolute atomic E-state index is 11.6. The van der Waals surface area contributed by atoms with E-state index >= 15 is 0 Å². The van der Waals surface area contributed by atoms with Crippen LogP contribution in [0.1, 0.15) is 26.2 Å². The maximum atomic E-state index is 11.6. The number of nitrogens with zero attached hydrogens (tertiary/aromatic N) is 1. The first kappa shape index (κ1) is 12.8. The van der Waals surface area contributed by atoms with Gasteiger partial charge in [0.25, 0.3) is 0 Å². The van der Waals surface area contributed by atoms with Crippen molar-refractivity contribution in [2.24, 2.45) is 11.8 Å². The highest BCUT2D eigenvalue weighted by molar-refractivity contribution is 5.73. The molecule has 17 heavy (non-hydrogen) atoms. The van der Waals surface area contributed by atoms with Gasteiger partial charge in [0.2, 0.25) is 0 Å². The Bertz CT molecular complexity index is 264. The van der Waals surface area contributed by atoms with Crippen molar-refractivity contribution in [3.05, 3.63) is 0 Å². The van der Waals surface area contributed by atoms with Crippen LogP contribution in [0.15, 0.2) is 0 Å². The standard InChI is InChI=1S/C13H24N2O2/c1-10-12(13(16)17-2)5-8-15(10)9-11-3-6-14-7-4-11/h10-12,14H,3-9H2,1-2H3. The van der Waals surface area contributed by atoms with E-state index in [1.165, 1.54) is 20.0 Å². The number of hydrogen-bond donors (Lipinski definition) is 1. The molecule has 2 atom stereocenters. The summed E-state index contributed by atoms with van der Waals surface area (Å²) >= 11 is 0. The van der Waals surface area contributed by atoms with Gasteiger partial charge in [-0.25, -0.2) is 0 Å². The number of carbonyl (C=O) groups excluding carboxylic acids is 1. The summed E-state index contributed by atoms with van der Waals surface area (Å²) < 4.78 is 4.87. The summed E-state index contributed by atoms with van der Waals surface area (Å²) in [6.07, 6.45) is 3.50. The summed E-state index contributed by atoms with van der Waals surface area (Å²) in [7, 11) is 1.49. The average molecular weight is 240 g/mol. The van der Waals surface area contributed by atoms with E-state index in [9.17, 15) is 4.79 Å². The highest BCUT2D eigenvalue weighted by Gasteiger charge is 2.37. The molecule has 98 valence electrons. The van der Waals surface area contributed by atoms with Crippen molar-refractivity contribution in [3.63, 3.8) is 0 Å². The van der Waals surface area contributed by atoms with Gasteiger partial charge in [-0.15, -0.1) is 0 Å². The molecule has 0 aromatic carbocycles. The predicted molar refractivity (Wildman–Crippen MR) is 66.8 cm³/mol. The van der Waals surface area contributed by atoms with Crippen LogP contribution in [0.25, 0.3) is 0 Å². The molecule has 2 unspecified atom stereocenters. The minimum absolute atomic E-state index is 0.0367. The molecule has 0 aromatic heterocycles. The van der Waals surface area contributed by atoms with E-state index in [1.54, 1.807) is 0 Å². The van der Waals surface area contributed by atoms with Gasteiger partial charge in [0.15, 0.2) is 0 Å². The molecule has 0 spiro atoms. The summed E-state index contributed by atoms with van der Waals surface area (Å²) in [5, 5.41) is 3.39. The van der Waals surface area contributed by atoms with Crippen LogP contribution in [-0.4, -0.2) is 50.2 Å². The first-order valence-electron chi connectivity index (χ1n) is 6.75. The number of rotatable bonds is 3. The minimum atomic E-state index is -0.0367. The van der Waals surface area contributed by atoms with Crippen molar-refractivity contribution < 1.29 is 9.53 Å². The number of likely N-dealkylation sites (tertiary alicyclic amines) is 1. The Kier molecular flexibility index (Phi) is 4.40. The fraction of sp³-hybridized carbons (Fsp3) is 0.923. The van der Waals surface area contributed by atoms with Gasteiger partial charge < -0.3 is 10.1 Å². The quantitative estimate of drug-likeness (QED) is 0.743. The Balaban J connectivity index is 1.84. The fourth-order valence-electron chi connectivity index (χ4n) is 3.12. The normalized spacial score (nSPS) is 31.6. The molecule has 0 saturated carbocycles. The molecule has 2 saturated heterocycles. The Morgan fingerprint density at radius 2 is 2.06 bits per heavy atom. The van der Waals surface area contributed by atoms with E-state index in [-0.39, 0.29) is 11.9 Å². The van der Waals surface area contributed by atoms with Crippen molar-refractivity contribution in [3.8, 4) is 0 Å². The van der Waals surface area contributed by atoms with Gasteiger partial charge >= 0.3 is 5.97 Å². The number of hydrogen-bond acceptors (Lipinski definition) is 4. The molecule has 2 aliphatic heterocycles. The number of methoxy groups -OCH3 is 1. The van der Waals surface area contributed by atoms with E-state index in [0.29, 0.717) is 6.04 Å².